The minimum atomic E-state index is 0.373. The summed E-state index contributed by atoms with van der Waals surface area (Å²) in [6, 6.07) is 0. The van der Waals surface area contributed by atoms with Gasteiger partial charge < -0.3 is 10.6 Å². The molecule has 2 fully saturated rings. The fourth-order valence-corrected chi connectivity index (χ4v) is 2.11. The molecule has 2 N–H and O–H groups in total. The molecule has 2 nitrogen and oxygen atoms in total. The van der Waals surface area contributed by atoms with E-state index in [2.05, 4.69) is 11.8 Å². The van der Waals surface area contributed by atoms with Gasteiger partial charge in [-0.05, 0) is 37.5 Å². The van der Waals surface area contributed by atoms with Gasteiger partial charge in [-0.15, -0.1) is 0 Å². The van der Waals surface area contributed by atoms with E-state index in [1.54, 1.807) is 0 Å². The fraction of sp³-hybridized carbons (Fsp3) is 0.917. The summed E-state index contributed by atoms with van der Waals surface area (Å²) in [5.41, 5.74) is 5.68. The molecule has 2 rings (SSSR count). The van der Waals surface area contributed by atoms with Crippen molar-refractivity contribution in [1.29, 1.82) is 0 Å². The molecule has 0 amide bonds. The maximum atomic E-state index is 5.68. The molecule has 15 heavy (non-hydrogen) atoms. The van der Waals surface area contributed by atoms with Crippen molar-refractivity contribution in [3.05, 3.63) is 0 Å². The minimum absolute atomic E-state index is 0.373. The molecular weight excluding hydrogens is 204 g/mol. The highest BCUT2D eigenvalue weighted by atomic mass is 32.1. The first-order valence-electron chi connectivity index (χ1n) is 6.17. The summed E-state index contributed by atoms with van der Waals surface area (Å²) < 4.78 is 0. The van der Waals surface area contributed by atoms with Gasteiger partial charge in [0.15, 0.2) is 0 Å². The van der Waals surface area contributed by atoms with Crippen LogP contribution in [0.4, 0.5) is 0 Å². The quantitative estimate of drug-likeness (QED) is 0.674. The van der Waals surface area contributed by atoms with Gasteiger partial charge in [-0.2, -0.15) is 0 Å². The predicted octanol–water partition coefficient (Wildman–Crippen LogP) is 2.03. The Kier molecular flexibility index (Phi) is 3.62. The monoisotopic (exact) mass is 226 g/mol. The molecule has 1 atom stereocenters. The molecule has 0 spiro atoms. The van der Waals surface area contributed by atoms with Crippen LogP contribution in [0.3, 0.4) is 0 Å². The lowest BCUT2D eigenvalue weighted by atomic mass is 10.1. The zero-order valence-corrected chi connectivity index (χ0v) is 10.4. The van der Waals surface area contributed by atoms with Crippen LogP contribution in [0.5, 0.6) is 0 Å². The highest BCUT2D eigenvalue weighted by Gasteiger charge is 2.29. The normalized spacial score (nSPS) is 23.1. The van der Waals surface area contributed by atoms with Crippen molar-refractivity contribution in [2.45, 2.75) is 32.6 Å². The molecule has 2 aliphatic rings. The lowest BCUT2D eigenvalue weighted by Crippen LogP contribution is -2.36. The van der Waals surface area contributed by atoms with Crippen molar-refractivity contribution in [2.24, 2.45) is 23.5 Å². The van der Waals surface area contributed by atoms with Crippen LogP contribution in [-0.4, -0.2) is 29.5 Å². The Bertz CT molecular complexity index is 220. The van der Waals surface area contributed by atoms with E-state index in [1.165, 1.54) is 38.8 Å². The summed E-state index contributed by atoms with van der Waals surface area (Å²) in [4.78, 5) is 3.27. The van der Waals surface area contributed by atoms with Crippen molar-refractivity contribution >= 4 is 17.2 Å². The van der Waals surface area contributed by atoms with Crippen molar-refractivity contribution in [3.63, 3.8) is 0 Å². The van der Waals surface area contributed by atoms with E-state index in [0.717, 1.165) is 18.4 Å². The standard InChI is InChI=1S/C12H22N2S/c1-9(12(13)15)6-14(7-10-2-3-10)8-11-4-5-11/h9-11H,2-8H2,1H3,(H2,13,15). The second-order valence-electron chi connectivity index (χ2n) is 5.41. The van der Waals surface area contributed by atoms with Crippen LogP contribution in [0, 0.1) is 17.8 Å². The molecule has 86 valence electrons. The Hall–Kier alpha value is -0.150. The third kappa shape index (κ3) is 4.07. The number of hydrogen-bond acceptors (Lipinski definition) is 2. The molecule has 0 saturated heterocycles. The Morgan fingerprint density at radius 1 is 1.27 bits per heavy atom. The first-order valence-corrected chi connectivity index (χ1v) is 6.57. The van der Waals surface area contributed by atoms with Crippen LogP contribution in [0.1, 0.15) is 32.6 Å². The second-order valence-corrected chi connectivity index (χ2v) is 5.88. The van der Waals surface area contributed by atoms with E-state index in [4.69, 9.17) is 18.0 Å². The smallest absolute Gasteiger partial charge is 0.0768 e. The molecule has 2 saturated carbocycles. The third-order valence-electron chi connectivity index (χ3n) is 3.44. The zero-order valence-electron chi connectivity index (χ0n) is 9.61. The van der Waals surface area contributed by atoms with Gasteiger partial charge in [0.05, 0.1) is 4.99 Å². The number of nitrogens with zero attached hydrogens (tertiary/aromatic N) is 1. The van der Waals surface area contributed by atoms with Crippen molar-refractivity contribution in [1.82, 2.24) is 4.90 Å². The lowest BCUT2D eigenvalue weighted by molar-refractivity contribution is 0.239. The fourth-order valence-electron chi connectivity index (χ4n) is 2.03. The van der Waals surface area contributed by atoms with E-state index in [-0.39, 0.29) is 0 Å². The van der Waals surface area contributed by atoms with E-state index < -0.39 is 0 Å². The largest absolute Gasteiger partial charge is 0.393 e. The van der Waals surface area contributed by atoms with E-state index in [9.17, 15) is 0 Å². The third-order valence-corrected chi connectivity index (χ3v) is 3.85. The molecule has 0 aromatic carbocycles. The summed E-state index contributed by atoms with van der Waals surface area (Å²) >= 11 is 5.05. The summed E-state index contributed by atoms with van der Waals surface area (Å²) in [7, 11) is 0. The van der Waals surface area contributed by atoms with Crippen molar-refractivity contribution in [2.75, 3.05) is 19.6 Å². The summed E-state index contributed by atoms with van der Waals surface area (Å²) in [6.07, 6.45) is 5.73. The maximum absolute atomic E-state index is 5.68. The summed E-state index contributed by atoms with van der Waals surface area (Å²) in [6.45, 7) is 5.78. The molecular formula is C12H22N2S. The molecule has 0 aromatic rings. The molecule has 1 unspecified atom stereocenters. The maximum Gasteiger partial charge on any atom is 0.0768 e. The average molecular weight is 226 g/mol. The molecule has 0 aromatic heterocycles. The number of hydrogen-bond donors (Lipinski definition) is 1. The predicted molar refractivity (Wildman–Crippen MR) is 67.8 cm³/mol. The van der Waals surface area contributed by atoms with Crippen LogP contribution in [0.25, 0.3) is 0 Å². The number of thiocarbonyl (C=S) groups is 1. The van der Waals surface area contributed by atoms with Gasteiger partial charge in [-0.1, -0.05) is 19.1 Å². The van der Waals surface area contributed by atoms with Crippen LogP contribution in [0.15, 0.2) is 0 Å². The average Bonchev–Trinajstić information content (AvgIpc) is 2.98. The van der Waals surface area contributed by atoms with Gasteiger partial charge in [0, 0.05) is 25.6 Å². The van der Waals surface area contributed by atoms with Crippen molar-refractivity contribution in [3.8, 4) is 0 Å². The van der Waals surface area contributed by atoms with Gasteiger partial charge >= 0.3 is 0 Å². The van der Waals surface area contributed by atoms with Crippen LogP contribution < -0.4 is 5.73 Å². The Morgan fingerprint density at radius 3 is 2.07 bits per heavy atom. The number of nitrogens with two attached hydrogens (primary N) is 1. The Labute approximate surface area is 98.2 Å². The van der Waals surface area contributed by atoms with Gasteiger partial charge in [0.1, 0.15) is 0 Å². The minimum Gasteiger partial charge on any atom is -0.393 e. The topological polar surface area (TPSA) is 29.3 Å². The highest BCUT2D eigenvalue weighted by molar-refractivity contribution is 7.80. The van der Waals surface area contributed by atoms with Crippen LogP contribution in [-0.2, 0) is 0 Å². The van der Waals surface area contributed by atoms with E-state index >= 15 is 0 Å². The molecule has 2 aliphatic carbocycles. The van der Waals surface area contributed by atoms with Crippen molar-refractivity contribution < 1.29 is 0 Å². The molecule has 3 heteroatoms. The number of rotatable bonds is 7. The van der Waals surface area contributed by atoms with Crippen LogP contribution >= 0.6 is 12.2 Å². The van der Waals surface area contributed by atoms with Gasteiger partial charge in [0.2, 0.25) is 0 Å². The molecule has 0 radical (unpaired) electrons. The molecule has 0 aliphatic heterocycles. The van der Waals surface area contributed by atoms with Crippen LogP contribution in [0.2, 0.25) is 0 Å². The molecule has 0 heterocycles. The van der Waals surface area contributed by atoms with E-state index in [1.807, 2.05) is 0 Å². The Morgan fingerprint density at radius 2 is 1.73 bits per heavy atom. The zero-order chi connectivity index (χ0) is 10.8. The van der Waals surface area contributed by atoms with Gasteiger partial charge in [-0.25, -0.2) is 0 Å². The van der Waals surface area contributed by atoms with Gasteiger partial charge in [0.25, 0.3) is 0 Å². The highest BCUT2D eigenvalue weighted by Crippen LogP contribution is 2.33. The summed E-state index contributed by atoms with van der Waals surface area (Å²) in [5, 5.41) is 0. The second kappa shape index (κ2) is 4.79. The Balaban J connectivity index is 1.76. The molecule has 0 bridgehead atoms. The van der Waals surface area contributed by atoms with Gasteiger partial charge in [-0.3, -0.25) is 0 Å². The van der Waals surface area contributed by atoms with E-state index in [0.29, 0.717) is 10.9 Å². The SMILES string of the molecule is CC(CN(CC1CC1)CC1CC1)C(N)=S. The first kappa shape index (κ1) is 11.3. The lowest BCUT2D eigenvalue weighted by Gasteiger charge is -2.25. The first-order chi connectivity index (χ1) is 7.15. The summed E-state index contributed by atoms with van der Waals surface area (Å²) in [5.74, 6) is 2.32.